The number of amides is 3. The van der Waals surface area contributed by atoms with E-state index in [2.05, 4.69) is 5.32 Å². The quantitative estimate of drug-likeness (QED) is 0.124. The maximum Gasteiger partial charge on any atom is 0.404 e. The number of primary amides is 1. The Labute approximate surface area is 198 Å². The van der Waals surface area contributed by atoms with Crippen LogP contribution in [0.2, 0.25) is 0 Å². The van der Waals surface area contributed by atoms with Crippen LogP contribution in [0.25, 0.3) is 0 Å². The second kappa shape index (κ2) is 20.6. The van der Waals surface area contributed by atoms with Crippen molar-refractivity contribution in [1.29, 1.82) is 0 Å². The number of nitrogens with two attached hydrogens (primary N) is 5. The first-order valence-corrected chi connectivity index (χ1v) is 12.2. The summed E-state index contributed by atoms with van der Waals surface area (Å²) in [7, 11) is 0. The Balaban J connectivity index is 4.93. The average Bonchev–Trinajstić information content (AvgIpc) is 2.78. The first-order chi connectivity index (χ1) is 15.8. The van der Waals surface area contributed by atoms with Gasteiger partial charge in [0, 0.05) is 6.54 Å². The van der Waals surface area contributed by atoms with Gasteiger partial charge in [0.2, 0.25) is 11.8 Å². The van der Waals surface area contributed by atoms with E-state index in [0.717, 1.165) is 57.8 Å². The maximum absolute atomic E-state index is 12.9. The highest BCUT2D eigenvalue weighted by Crippen LogP contribution is 2.08. The molecule has 0 aromatic rings. The number of ether oxygens (including phenoxy) is 1. The van der Waals surface area contributed by atoms with Gasteiger partial charge < -0.3 is 43.6 Å². The second-order valence-electron chi connectivity index (χ2n) is 8.39. The predicted octanol–water partition coefficient (Wildman–Crippen LogP) is -0.110. The molecule has 0 rings (SSSR count). The van der Waals surface area contributed by atoms with E-state index < -0.39 is 18.2 Å². The van der Waals surface area contributed by atoms with E-state index in [0.29, 0.717) is 39.0 Å². The van der Waals surface area contributed by atoms with Crippen LogP contribution >= 0.6 is 0 Å². The molecule has 33 heavy (non-hydrogen) atoms. The molecule has 0 aromatic heterocycles. The molecular weight excluding hydrogens is 426 g/mol. The van der Waals surface area contributed by atoms with E-state index in [1.807, 2.05) is 0 Å². The van der Waals surface area contributed by atoms with E-state index in [9.17, 15) is 14.4 Å². The van der Waals surface area contributed by atoms with Gasteiger partial charge in [-0.15, -0.1) is 0 Å². The van der Waals surface area contributed by atoms with Crippen molar-refractivity contribution in [2.45, 2.75) is 82.7 Å². The fraction of sp³-hybridized carbons (Fsp3) is 0.864. The molecule has 0 spiro atoms. The third kappa shape index (κ3) is 17.2. The Morgan fingerprint density at radius 1 is 0.788 bits per heavy atom. The number of rotatable bonds is 21. The summed E-state index contributed by atoms with van der Waals surface area (Å²) < 4.78 is 4.87. The fourth-order valence-electron chi connectivity index (χ4n) is 3.47. The standard InChI is InChI=1S/C22H47N7O4/c23-12-6-2-1-3-9-15-29(21(31)19(26)11-5-8-14-25)16-20(30)28-18(10-4-7-13-24)17-33-22(27)32/h18-19H,1-17,23-26H2,(H2,27,32)(H,28,30). The van der Waals surface area contributed by atoms with Gasteiger partial charge in [0.1, 0.15) is 6.61 Å². The summed E-state index contributed by atoms with van der Waals surface area (Å²) in [6.45, 7) is 2.08. The van der Waals surface area contributed by atoms with Crippen LogP contribution in [0.5, 0.6) is 0 Å². The van der Waals surface area contributed by atoms with E-state index >= 15 is 0 Å². The molecule has 11 nitrogen and oxygen atoms in total. The van der Waals surface area contributed by atoms with Crippen LogP contribution in [0.15, 0.2) is 0 Å². The number of unbranched alkanes of at least 4 members (excludes halogenated alkanes) is 6. The van der Waals surface area contributed by atoms with Gasteiger partial charge in [0.15, 0.2) is 0 Å². The van der Waals surface area contributed by atoms with E-state index in [1.165, 1.54) is 4.90 Å². The van der Waals surface area contributed by atoms with Crippen LogP contribution in [0.4, 0.5) is 4.79 Å². The lowest BCUT2D eigenvalue weighted by Gasteiger charge is -2.27. The van der Waals surface area contributed by atoms with E-state index in [-0.39, 0.29) is 25.0 Å². The Morgan fingerprint density at radius 2 is 1.33 bits per heavy atom. The van der Waals surface area contributed by atoms with Gasteiger partial charge in [0.25, 0.3) is 0 Å². The fourth-order valence-corrected chi connectivity index (χ4v) is 3.47. The van der Waals surface area contributed by atoms with Crippen molar-refractivity contribution in [3.8, 4) is 0 Å². The maximum atomic E-state index is 12.9. The highest BCUT2D eigenvalue weighted by molar-refractivity contribution is 5.87. The van der Waals surface area contributed by atoms with Gasteiger partial charge in [-0.1, -0.05) is 32.1 Å². The molecule has 0 radical (unpaired) electrons. The van der Waals surface area contributed by atoms with Crippen molar-refractivity contribution in [3.05, 3.63) is 0 Å². The molecule has 11 N–H and O–H groups in total. The third-order valence-corrected chi connectivity index (χ3v) is 5.36. The minimum Gasteiger partial charge on any atom is -0.448 e. The topological polar surface area (TPSA) is 206 Å². The van der Waals surface area contributed by atoms with Crippen LogP contribution in [0, 0.1) is 0 Å². The van der Waals surface area contributed by atoms with E-state index in [1.54, 1.807) is 0 Å². The zero-order valence-corrected chi connectivity index (χ0v) is 20.1. The number of hydrogen-bond acceptors (Lipinski definition) is 8. The highest BCUT2D eigenvalue weighted by atomic mass is 16.5. The lowest BCUT2D eigenvalue weighted by atomic mass is 10.1. The smallest absolute Gasteiger partial charge is 0.404 e. The number of carbonyl (C=O) groups is 3. The Hall–Kier alpha value is -1.95. The minimum atomic E-state index is -0.900. The summed E-state index contributed by atoms with van der Waals surface area (Å²) in [5, 5.41) is 2.85. The van der Waals surface area contributed by atoms with Gasteiger partial charge in [0.05, 0.1) is 18.6 Å². The normalized spacial score (nSPS) is 12.7. The van der Waals surface area contributed by atoms with Crippen LogP contribution < -0.4 is 34.0 Å². The molecule has 0 aliphatic heterocycles. The van der Waals surface area contributed by atoms with Crippen LogP contribution in [0.3, 0.4) is 0 Å². The number of nitrogens with one attached hydrogen (secondary N) is 1. The van der Waals surface area contributed by atoms with Crippen molar-refractivity contribution in [3.63, 3.8) is 0 Å². The van der Waals surface area contributed by atoms with Crippen LogP contribution in [0.1, 0.15) is 70.6 Å². The third-order valence-electron chi connectivity index (χ3n) is 5.36. The zero-order chi connectivity index (χ0) is 24.9. The van der Waals surface area contributed by atoms with Crippen molar-refractivity contribution >= 4 is 17.9 Å². The van der Waals surface area contributed by atoms with Crippen LogP contribution in [-0.2, 0) is 14.3 Å². The summed E-state index contributed by atoms with van der Waals surface area (Å²) in [6.07, 6.45) is 8.11. The Bertz CT molecular complexity index is 537. The Morgan fingerprint density at radius 3 is 1.94 bits per heavy atom. The zero-order valence-electron chi connectivity index (χ0n) is 20.1. The lowest BCUT2D eigenvalue weighted by molar-refractivity contribution is -0.137. The second-order valence-corrected chi connectivity index (χ2v) is 8.39. The summed E-state index contributed by atoms with van der Waals surface area (Å²) >= 11 is 0. The van der Waals surface area contributed by atoms with Crippen molar-refractivity contribution in [2.75, 3.05) is 39.3 Å². The highest BCUT2D eigenvalue weighted by Gasteiger charge is 2.24. The number of nitrogens with zero attached hydrogens (tertiary/aromatic N) is 1. The molecule has 11 heteroatoms. The number of carbonyl (C=O) groups excluding carboxylic acids is 3. The summed E-state index contributed by atoms with van der Waals surface area (Å²) in [5.41, 5.74) is 27.7. The first-order valence-electron chi connectivity index (χ1n) is 12.2. The molecular formula is C22H47N7O4. The monoisotopic (exact) mass is 473 g/mol. The molecule has 3 amide bonds. The first kappa shape index (κ1) is 31.0. The van der Waals surface area contributed by atoms with Gasteiger partial charge in [-0.3, -0.25) is 9.59 Å². The average molecular weight is 474 g/mol. The van der Waals surface area contributed by atoms with Crippen molar-refractivity contribution in [1.82, 2.24) is 10.2 Å². The predicted molar refractivity (Wildman–Crippen MR) is 130 cm³/mol. The molecule has 0 bridgehead atoms. The largest absolute Gasteiger partial charge is 0.448 e. The summed E-state index contributed by atoms with van der Waals surface area (Å²) in [4.78, 5) is 38.1. The van der Waals surface area contributed by atoms with E-state index in [4.69, 9.17) is 33.4 Å². The molecule has 2 atom stereocenters. The van der Waals surface area contributed by atoms with Gasteiger partial charge in [-0.05, 0) is 58.2 Å². The molecule has 2 unspecified atom stereocenters. The minimum absolute atomic E-state index is 0.0284. The summed E-state index contributed by atoms with van der Waals surface area (Å²) in [5.74, 6) is -0.566. The number of hydrogen-bond donors (Lipinski definition) is 6. The lowest BCUT2D eigenvalue weighted by Crippen LogP contribution is -2.50. The van der Waals surface area contributed by atoms with Crippen molar-refractivity contribution in [2.24, 2.45) is 28.7 Å². The molecule has 0 saturated heterocycles. The molecule has 0 aliphatic carbocycles. The summed E-state index contributed by atoms with van der Waals surface area (Å²) in [6, 6.07) is -1.07. The van der Waals surface area contributed by atoms with Crippen molar-refractivity contribution < 1.29 is 19.1 Å². The molecule has 0 saturated carbocycles. The van der Waals surface area contributed by atoms with Gasteiger partial charge in [-0.2, -0.15) is 0 Å². The van der Waals surface area contributed by atoms with Gasteiger partial charge >= 0.3 is 6.09 Å². The van der Waals surface area contributed by atoms with Crippen LogP contribution in [-0.4, -0.2) is 74.2 Å². The molecule has 194 valence electrons. The molecule has 0 aromatic carbocycles. The van der Waals surface area contributed by atoms with Gasteiger partial charge in [-0.25, -0.2) is 4.79 Å². The molecule has 0 heterocycles. The molecule has 0 aliphatic rings. The molecule has 0 fully saturated rings. The SMILES string of the molecule is NCCCCCCCN(CC(=O)NC(CCCCN)COC(N)=O)C(=O)C(N)CCCCN. The Kier molecular flexibility index (Phi) is 19.4.